The van der Waals surface area contributed by atoms with Gasteiger partial charge in [0.25, 0.3) is 11.7 Å². The highest BCUT2D eigenvalue weighted by Crippen LogP contribution is 2.41. The summed E-state index contributed by atoms with van der Waals surface area (Å²) in [6, 6.07) is 25.2. The number of rotatable bonds is 12. The molecule has 0 spiro atoms. The van der Waals surface area contributed by atoms with Crippen LogP contribution >= 0.6 is 0 Å². The number of Topliss-reactive ketones (excluding diaryl/α,β-unsaturated/α-hetero) is 1. The molecule has 1 amide bonds. The average Bonchev–Trinajstić information content (AvgIpc) is 3.28. The molecule has 7 nitrogen and oxygen atoms in total. The van der Waals surface area contributed by atoms with Crippen LogP contribution in [0, 0.1) is 6.92 Å². The van der Waals surface area contributed by atoms with Crippen molar-refractivity contribution in [1.29, 1.82) is 0 Å². The topological polar surface area (TPSA) is 89.0 Å². The second-order valence-electron chi connectivity index (χ2n) is 10.7. The van der Waals surface area contributed by atoms with Gasteiger partial charge in [0, 0.05) is 24.5 Å². The maximum atomic E-state index is 13.5. The lowest BCUT2D eigenvalue weighted by atomic mass is 9.95. The molecule has 1 atom stereocenters. The van der Waals surface area contributed by atoms with E-state index in [9.17, 15) is 14.7 Å². The summed E-state index contributed by atoms with van der Waals surface area (Å²) in [5.41, 5.74) is 4.21. The van der Waals surface area contributed by atoms with E-state index in [1.165, 1.54) is 4.90 Å². The number of aromatic nitrogens is 1. The van der Waals surface area contributed by atoms with Gasteiger partial charge in [0.15, 0.2) is 0 Å². The number of carbonyl (C=O) groups excluding carboxylic acids is 2. The number of hydrogen-bond acceptors (Lipinski definition) is 6. The number of unbranched alkanes of at least 4 members (excludes halogenated alkanes) is 2. The number of ketones is 1. The monoisotopic (exact) mass is 576 g/mol. The molecule has 1 saturated heterocycles. The molecule has 4 aromatic rings. The standard InChI is InChI=1S/C36H36N2O5/c1-3-4-5-21-42-30-13-9-28(10-14-30)33-32(35(40)36(41)38(33)23-26-17-19-37-20-18-26)34(39)29-11-15-31(16-12-29)43-24-27-8-6-7-25(2)22-27/h6-20,22,33,39H,3-5,21,23-24H2,1-2H3/b34-32+. The third-order valence-corrected chi connectivity index (χ3v) is 7.47. The summed E-state index contributed by atoms with van der Waals surface area (Å²) in [5.74, 6) is -0.280. The van der Waals surface area contributed by atoms with E-state index in [2.05, 4.69) is 18.0 Å². The maximum absolute atomic E-state index is 13.5. The minimum atomic E-state index is -0.778. The van der Waals surface area contributed by atoms with Gasteiger partial charge < -0.3 is 19.5 Å². The summed E-state index contributed by atoms with van der Waals surface area (Å²) < 4.78 is 11.8. The van der Waals surface area contributed by atoms with Gasteiger partial charge in [-0.2, -0.15) is 0 Å². The molecule has 1 unspecified atom stereocenters. The first-order valence-corrected chi connectivity index (χ1v) is 14.6. The lowest BCUT2D eigenvalue weighted by Gasteiger charge is -2.25. The van der Waals surface area contributed by atoms with Crippen molar-refractivity contribution in [3.8, 4) is 11.5 Å². The van der Waals surface area contributed by atoms with Crippen molar-refractivity contribution >= 4 is 17.4 Å². The molecular formula is C36H36N2O5. The van der Waals surface area contributed by atoms with Crippen LogP contribution in [0.5, 0.6) is 11.5 Å². The van der Waals surface area contributed by atoms with E-state index in [4.69, 9.17) is 9.47 Å². The van der Waals surface area contributed by atoms with Gasteiger partial charge in [-0.25, -0.2) is 0 Å². The summed E-state index contributed by atoms with van der Waals surface area (Å²) in [6.07, 6.45) is 6.48. The molecule has 43 heavy (non-hydrogen) atoms. The number of carbonyl (C=O) groups is 2. The third-order valence-electron chi connectivity index (χ3n) is 7.47. The number of aliphatic hydroxyl groups excluding tert-OH is 1. The first kappa shape index (κ1) is 29.6. The molecule has 5 rings (SSSR count). The van der Waals surface area contributed by atoms with E-state index in [-0.39, 0.29) is 17.9 Å². The largest absolute Gasteiger partial charge is 0.507 e. The van der Waals surface area contributed by atoms with Crippen molar-refractivity contribution in [2.24, 2.45) is 0 Å². The van der Waals surface area contributed by atoms with Crippen molar-refractivity contribution < 1.29 is 24.2 Å². The zero-order valence-corrected chi connectivity index (χ0v) is 24.5. The van der Waals surface area contributed by atoms with Crippen molar-refractivity contribution in [3.05, 3.63) is 131 Å². The minimum absolute atomic E-state index is 0.0455. The molecule has 2 heterocycles. The first-order chi connectivity index (χ1) is 20.9. The Morgan fingerprint density at radius 1 is 0.860 bits per heavy atom. The van der Waals surface area contributed by atoms with Crippen LogP contribution in [0.15, 0.2) is 103 Å². The smallest absolute Gasteiger partial charge is 0.295 e. The lowest BCUT2D eigenvalue weighted by molar-refractivity contribution is -0.140. The normalized spacial score (nSPS) is 16.0. The van der Waals surface area contributed by atoms with Crippen LogP contribution in [-0.2, 0) is 22.7 Å². The van der Waals surface area contributed by atoms with Gasteiger partial charge in [0.2, 0.25) is 0 Å². The molecule has 3 aromatic carbocycles. The average molecular weight is 577 g/mol. The molecule has 1 fully saturated rings. The fourth-order valence-electron chi connectivity index (χ4n) is 5.20. The highest BCUT2D eigenvalue weighted by molar-refractivity contribution is 6.46. The molecule has 220 valence electrons. The Labute approximate surface area is 252 Å². The summed E-state index contributed by atoms with van der Waals surface area (Å²) in [4.78, 5) is 32.4. The second-order valence-corrected chi connectivity index (χ2v) is 10.7. The molecule has 0 aliphatic carbocycles. The Balaban J connectivity index is 1.43. The summed E-state index contributed by atoms with van der Waals surface area (Å²) >= 11 is 0. The number of ether oxygens (including phenoxy) is 2. The van der Waals surface area contributed by atoms with Gasteiger partial charge in [-0.05, 0) is 78.6 Å². The van der Waals surface area contributed by atoms with Crippen LogP contribution in [0.2, 0.25) is 0 Å². The second kappa shape index (κ2) is 13.8. The van der Waals surface area contributed by atoms with Gasteiger partial charge in [-0.1, -0.05) is 61.7 Å². The number of aryl methyl sites for hydroxylation is 1. The molecule has 1 aliphatic heterocycles. The Morgan fingerprint density at radius 2 is 1.56 bits per heavy atom. The molecule has 1 aliphatic rings. The fourth-order valence-corrected chi connectivity index (χ4v) is 5.20. The molecule has 1 aromatic heterocycles. The van der Waals surface area contributed by atoms with Crippen LogP contribution in [0.4, 0.5) is 0 Å². The zero-order valence-electron chi connectivity index (χ0n) is 24.5. The predicted molar refractivity (Wildman–Crippen MR) is 165 cm³/mol. The Morgan fingerprint density at radius 3 is 2.26 bits per heavy atom. The Hall–Kier alpha value is -4.91. The molecular weight excluding hydrogens is 540 g/mol. The van der Waals surface area contributed by atoms with Gasteiger partial charge in [-0.3, -0.25) is 14.6 Å². The van der Waals surface area contributed by atoms with Gasteiger partial charge >= 0.3 is 0 Å². The maximum Gasteiger partial charge on any atom is 0.295 e. The molecule has 0 saturated carbocycles. The van der Waals surface area contributed by atoms with Crippen LogP contribution in [0.1, 0.15) is 60.0 Å². The zero-order chi connectivity index (χ0) is 30.2. The van der Waals surface area contributed by atoms with Gasteiger partial charge in [0.1, 0.15) is 23.9 Å². The highest BCUT2D eigenvalue weighted by Gasteiger charge is 2.46. The molecule has 0 radical (unpaired) electrons. The van der Waals surface area contributed by atoms with E-state index in [0.29, 0.717) is 35.8 Å². The molecule has 0 bridgehead atoms. The van der Waals surface area contributed by atoms with Crippen LogP contribution in [0.25, 0.3) is 5.76 Å². The lowest BCUT2D eigenvalue weighted by Crippen LogP contribution is -2.29. The number of benzene rings is 3. The SMILES string of the molecule is CCCCCOc1ccc(C2/C(=C(\O)c3ccc(OCc4cccc(C)c4)cc3)C(=O)C(=O)N2Cc2ccncc2)cc1. The van der Waals surface area contributed by atoms with Gasteiger partial charge in [0.05, 0.1) is 18.2 Å². The highest BCUT2D eigenvalue weighted by atomic mass is 16.5. The number of aliphatic hydroxyl groups is 1. The molecule has 1 N–H and O–H groups in total. The summed E-state index contributed by atoms with van der Waals surface area (Å²) in [6.45, 7) is 5.40. The van der Waals surface area contributed by atoms with Crippen molar-refractivity contribution in [2.45, 2.75) is 52.3 Å². The molecule has 7 heteroatoms. The van der Waals surface area contributed by atoms with Gasteiger partial charge in [-0.15, -0.1) is 0 Å². The number of nitrogens with zero attached hydrogens (tertiary/aromatic N) is 2. The van der Waals surface area contributed by atoms with Crippen molar-refractivity contribution in [1.82, 2.24) is 9.88 Å². The predicted octanol–water partition coefficient (Wildman–Crippen LogP) is 7.16. The number of hydrogen-bond donors (Lipinski definition) is 1. The van der Waals surface area contributed by atoms with E-state index >= 15 is 0 Å². The van der Waals surface area contributed by atoms with Crippen LogP contribution in [-0.4, -0.2) is 33.3 Å². The number of amides is 1. The van der Waals surface area contributed by atoms with E-state index < -0.39 is 17.7 Å². The van der Waals surface area contributed by atoms with E-state index in [1.807, 2.05) is 49.4 Å². The van der Waals surface area contributed by atoms with Crippen LogP contribution in [0.3, 0.4) is 0 Å². The minimum Gasteiger partial charge on any atom is -0.507 e. The quantitative estimate of drug-likeness (QED) is 0.0833. The van der Waals surface area contributed by atoms with E-state index in [1.54, 1.807) is 48.8 Å². The number of pyridine rings is 1. The Kier molecular flexibility index (Phi) is 9.52. The fraction of sp³-hybridized carbons (Fsp3) is 0.250. The van der Waals surface area contributed by atoms with Crippen LogP contribution < -0.4 is 9.47 Å². The third kappa shape index (κ3) is 7.12. The summed E-state index contributed by atoms with van der Waals surface area (Å²) in [5, 5.41) is 11.5. The Bertz CT molecular complexity index is 1580. The van der Waals surface area contributed by atoms with E-state index in [0.717, 1.165) is 36.0 Å². The first-order valence-electron chi connectivity index (χ1n) is 14.6. The van der Waals surface area contributed by atoms with Crippen molar-refractivity contribution in [2.75, 3.05) is 6.61 Å². The summed E-state index contributed by atoms with van der Waals surface area (Å²) in [7, 11) is 0. The number of likely N-dealkylation sites (tertiary alicyclic amines) is 1. The van der Waals surface area contributed by atoms with Crippen molar-refractivity contribution in [3.63, 3.8) is 0 Å².